The fraction of sp³-hybridized carbons (Fsp3) is 0.588. The van der Waals surface area contributed by atoms with Gasteiger partial charge in [-0.2, -0.15) is 0 Å². The van der Waals surface area contributed by atoms with Gasteiger partial charge < -0.3 is 24.4 Å². The first-order valence-electron chi connectivity index (χ1n) is 7.92. The van der Waals surface area contributed by atoms with Gasteiger partial charge in [-0.05, 0) is 31.4 Å². The monoisotopic (exact) mass is 322 g/mol. The molecule has 3 rings (SSSR count). The second-order valence-corrected chi connectivity index (χ2v) is 6.26. The lowest BCUT2D eigenvalue weighted by Gasteiger charge is -2.34. The van der Waals surface area contributed by atoms with Crippen molar-refractivity contribution in [3.05, 3.63) is 23.3 Å². The minimum absolute atomic E-state index is 0.0352. The molecule has 0 aromatic heterocycles. The van der Waals surface area contributed by atoms with E-state index in [9.17, 15) is 15.0 Å². The highest BCUT2D eigenvalue weighted by Crippen LogP contribution is 2.35. The highest BCUT2D eigenvalue weighted by Gasteiger charge is 2.34. The van der Waals surface area contributed by atoms with E-state index in [0.717, 1.165) is 12.0 Å². The third kappa shape index (κ3) is 3.28. The van der Waals surface area contributed by atoms with Gasteiger partial charge in [0.2, 0.25) is 0 Å². The van der Waals surface area contributed by atoms with Gasteiger partial charge in [-0.15, -0.1) is 0 Å². The number of hydrogen-bond acceptors (Lipinski definition) is 6. The Morgan fingerprint density at radius 3 is 2.78 bits per heavy atom. The predicted octanol–water partition coefficient (Wildman–Crippen LogP) is 1.80. The summed E-state index contributed by atoms with van der Waals surface area (Å²) in [6, 6.07) is 2.99. The van der Waals surface area contributed by atoms with E-state index in [2.05, 4.69) is 0 Å². The number of aromatic hydroxyl groups is 1. The highest BCUT2D eigenvalue weighted by molar-refractivity contribution is 5.95. The number of aliphatic hydroxyl groups excluding tert-OH is 1. The number of phenols is 1. The van der Waals surface area contributed by atoms with Crippen LogP contribution in [0.4, 0.5) is 0 Å². The van der Waals surface area contributed by atoms with E-state index in [-0.39, 0.29) is 24.1 Å². The number of cyclic esters (lactones) is 1. The summed E-state index contributed by atoms with van der Waals surface area (Å²) in [6.07, 6.45) is 1.57. The van der Waals surface area contributed by atoms with Gasteiger partial charge in [0.25, 0.3) is 0 Å². The van der Waals surface area contributed by atoms with Crippen LogP contribution in [-0.2, 0) is 15.9 Å². The normalized spacial score (nSPS) is 30.5. The van der Waals surface area contributed by atoms with E-state index in [0.29, 0.717) is 30.6 Å². The van der Waals surface area contributed by atoms with E-state index < -0.39 is 12.1 Å². The number of esters is 1. The summed E-state index contributed by atoms with van der Waals surface area (Å²) in [4.78, 5) is 12.3. The average Bonchev–Trinajstić information content (AvgIpc) is 2.49. The lowest BCUT2D eigenvalue weighted by atomic mass is 9.92. The third-order valence-corrected chi connectivity index (χ3v) is 4.57. The van der Waals surface area contributed by atoms with E-state index in [1.165, 1.54) is 13.2 Å². The fourth-order valence-electron chi connectivity index (χ4n) is 3.36. The van der Waals surface area contributed by atoms with Crippen LogP contribution in [0, 0.1) is 0 Å². The van der Waals surface area contributed by atoms with E-state index in [1.54, 1.807) is 6.07 Å². The molecule has 1 aromatic rings. The number of hydrogen-bond donors (Lipinski definition) is 2. The second kappa shape index (κ2) is 6.37. The number of fused-ring (bicyclic) bond motifs is 1. The molecular formula is C17H22O6. The quantitative estimate of drug-likeness (QED) is 0.826. The molecule has 2 unspecified atom stereocenters. The van der Waals surface area contributed by atoms with Crippen molar-refractivity contribution >= 4 is 5.97 Å². The Balaban J connectivity index is 1.73. The first kappa shape index (κ1) is 16.1. The lowest BCUT2D eigenvalue weighted by Crippen LogP contribution is -2.40. The molecule has 1 saturated heterocycles. The van der Waals surface area contributed by atoms with Crippen molar-refractivity contribution in [2.45, 2.75) is 57.0 Å². The van der Waals surface area contributed by atoms with Crippen molar-refractivity contribution in [2.75, 3.05) is 7.11 Å². The van der Waals surface area contributed by atoms with Gasteiger partial charge in [-0.25, -0.2) is 4.79 Å². The molecule has 1 aromatic carbocycles. The zero-order chi connectivity index (χ0) is 16.6. The summed E-state index contributed by atoms with van der Waals surface area (Å²) in [6.45, 7) is 1.85. The van der Waals surface area contributed by atoms with Gasteiger partial charge in [0, 0.05) is 18.9 Å². The van der Waals surface area contributed by atoms with Crippen LogP contribution < -0.4 is 4.74 Å². The molecule has 1 fully saturated rings. The number of carbonyl (C=O) groups excluding carboxylic acids is 1. The molecule has 2 N–H and O–H groups in total. The van der Waals surface area contributed by atoms with Gasteiger partial charge in [-0.1, -0.05) is 0 Å². The van der Waals surface area contributed by atoms with E-state index in [1.807, 2.05) is 6.92 Å². The summed E-state index contributed by atoms with van der Waals surface area (Å²) in [5.74, 6) is -0.0363. The summed E-state index contributed by atoms with van der Waals surface area (Å²) in [5, 5.41) is 19.5. The minimum Gasteiger partial charge on any atom is -0.508 e. The van der Waals surface area contributed by atoms with Gasteiger partial charge >= 0.3 is 5.97 Å². The predicted molar refractivity (Wildman–Crippen MR) is 81.8 cm³/mol. The highest BCUT2D eigenvalue weighted by atomic mass is 16.6. The lowest BCUT2D eigenvalue weighted by molar-refractivity contribution is -0.120. The van der Waals surface area contributed by atoms with Crippen LogP contribution in [-0.4, -0.2) is 47.7 Å². The van der Waals surface area contributed by atoms with Crippen LogP contribution in [0.2, 0.25) is 0 Å². The molecule has 23 heavy (non-hydrogen) atoms. The molecule has 0 bridgehead atoms. The number of methoxy groups -OCH3 is 1. The van der Waals surface area contributed by atoms with Crippen LogP contribution in [0.3, 0.4) is 0 Å². The Hall–Kier alpha value is -1.79. The summed E-state index contributed by atoms with van der Waals surface area (Å²) in [5.41, 5.74) is 1.11. The smallest absolute Gasteiger partial charge is 0.342 e. The molecule has 2 aliphatic rings. The molecule has 6 heteroatoms. The summed E-state index contributed by atoms with van der Waals surface area (Å²) in [7, 11) is 1.46. The van der Waals surface area contributed by atoms with Crippen LogP contribution in [0.25, 0.3) is 0 Å². The van der Waals surface area contributed by atoms with Crippen molar-refractivity contribution < 1.29 is 29.2 Å². The van der Waals surface area contributed by atoms with Crippen molar-refractivity contribution in [1.82, 2.24) is 0 Å². The van der Waals surface area contributed by atoms with Crippen LogP contribution in [0.5, 0.6) is 11.5 Å². The van der Waals surface area contributed by atoms with Crippen molar-refractivity contribution in [1.29, 1.82) is 0 Å². The van der Waals surface area contributed by atoms with Crippen molar-refractivity contribution in [2.24, 2.45) is 0 Å². The van der Waals surface area contributed by atoms with Crippen LogP contribution in [0.1, 0.15) is 42.1 Å². The maximum Gasteiger partial charge on any atom is 0.342 e. The Kier molecular flexibility index (Phi) is 4.46. The van der Waals surface area contributed by atoms with E-state index in [4.69, 9.17) is 14.2 Å². The number of rotatable bonds is 3. The SMILES string of the molecule is COc1cc(O)cc2c1C(=O)OC(C[C@H]1CCC(O)[C@H](C)O1)C2. The first-order valence-corrected chi connectivity index (χ1v) is 7.92. The Morgan fingerprint density at radius 2 is 2.09 bits per heavy atom. The molecular weight excluding hydrogens is 300 g/mol. The Labute approximate surface area is 135 Å². The summed E-state index contributed by atoms with van der Waals surface area (Å²) < 4.78 is 16.5. The number of carbonyl (C=O) groups is 1. The average molecular weight is 322 g/mol. The van der Waals surface area contributed by atoms with Crippen molar-refractivity contribution in [3.63, 3.8) is 0 Å². The largest absolute Gasteiger partial charge is 0.508 e. The van der Waals surface area contributed by atoms with Crippen LogP contribution in [0.15, 0.2) is 12.1 Å². The minimum atomic E-state index is -0.433. The number of aliphatic hydroxyl groups is 1. The maximum atomic E-state index is 12.3. The summed E-state index contributed by atoms with van der Waals surface area (Å²) >= 11 is 0. The zero-order valence-corrected chi connectivity index (χ0v) is 13.3. The molecule has 0 radical (unpaired) electrons. The van der Waals surface area contributed by atoms with Gasteiger partial charge in [0.1, 0.15) is 23.2 Å². The van der Waals surface area contributed by atoms with Crippen LogP contribution >= 0.6 is 0 Å². The molecule has 0 aliphatic carbocycles. The van der Waals surface area contributed by atoms with E-state index >= 15 is 0 Å². The maximum absolute atomic E-state index is 12.3. The third-order valence-electron chi connectivity index (χ3n) is 4.57. The van der Waals surface area contributed by atoms with Crippen molar-refractivity contribution in [3.8, 4) is 11.5 Å². The fourth-order valence-corrected chi connectivity index (χ4v) is 3.36. The second-order valence-electron chi connectivity index (χ2n) is 6.26. The molecule has 4 atom stereocenters. The Bertz CT molecular complexity index is 599. The molecule has 2 heterocycles. The topological polar surface area (TPSA) is 85.2 Å². The molecule has 0 amide bonds. The molecule has 0 saturated carbocycles. The first-order chi connectivity index (χ1) is 11.0. The molecule has 0 spiro atoms. The van der Waals surface area contributed by atoms with Gasteiger partial charge in [0.05, 0.1) is 25.4 Å². The zero-order valence-electron chi connectivity index (χ0n) is 13.3. The van der Waals surface area contributed by atoms with Gasteiger partial charge in [0.15, 0.2) is 0 Å². The number of benzene rings is 1. The molecule has 2 aliphatic heterocycles. The molecule has 126 valence electrons. The Morgan fingerprint density at radius 1 is 1.30 bits per heavy atom. The number of ether oxygens (including phenoxy) is 3. The number of phenolic OH excluding ortho intramolecular Hbond substituents is 1. The standard InChI is InChI=1S/C17H22O6/c1-9-14(19)4-3-12(22-9)8-13-6-10-5-11(18)7-15(21-2)16(10)17(20)23-13/h5,7,9,12-14,18-19H,3-4,6,8H2,1-2H3/t9-,12+,13?,14?/m0/s1. The molecule has 6 nitrogen and oxygen atoms in total. The van der Waals surface area contributed by atoms with Gasteiger partial charge in [-0.3, -0.25) is 0 Å².